The first kappa shape index (κ1) is 12.1. The van der Waals surface area contributed by atoms with Gasteiger partial charge in [0.05, 0.1) is 0 Å². The molecule has 2 rings (SSSR count). The second-order valence-electron chi connectivity index (χ2n) is 5.16. The van der Waals surface area contributed by atoms with Gasteiger partial charge in [0.25, 0.3) is 0 Å². The van der Waals surface area contributed by atoms with Crippen LogP contribution < -0.4 is 10.6 Å². The highest BCUT2D eigenvalue weighted by Crippen LogP contribution is 2.28. The van der Waals surface area contributed by atoms with Crippen molar-refractivity contribution in [3.05, 3.63) is 11.9 Å². The number of nitrogen functional groups attached to an aromatic ring is 1. The van der Waals surface area contributed by atoms with Crippen molar-refractivity contribution in [2.45, 2.75) is 46.1 Å². The molecule has 1 aromatic rings. The highest BCUT2D eigenvalue weighted by atomic mass is 15.2. The van der Waals surface area contributed by atoms with Gasteiger partial charge in [0, 0.05) is 25.1 Å². The van der Waals surface area contributed by atoms with E-state index in [4.69, 9.17) is 5.73 Å². The number of nitrogens with zero attached hydrogens (tertiary/aromatic N) is 3. The average molecular weight is 234 g/mol. The number of aromatic nitrogens is 2. The van der Waals surface area contributed by atoms with Crippen LogP contribution in [0.1, 0.15) is 39.4 Å². The van der Waals surface area contributed by atoms with Crippen molar-refractivity contribution in [1.82, 2.24) is 9.97 Å². The van der Waals surface area contributed by atoms with Gasteiger partial charge in [-0.1, -0.05) is 13.8 Å². The minimum Gasteiger partial charge on any atom is -0.384 e. The molecule has 2 N–H and O–H groups in total. The lowest BCUT2D eigenvalue weighted by atomic mass is 10.1. The normalized spacial score (nSPS) is 24.3. The standard InChI is InChI=1S/C13H22N4/c1-4-5-12-15-11(14)7-13(16-12)17-8-9(2)6-10(17)3/h7,9-10H,4-6,8H2,1-3H3,(H2,14,15,16). The summed E-state index contributed by atoms with van der Waals surface area (Å²) in [5.41, 5.74) is 5.86. The van der Waals surface area contributed by atoms with Gasteiger partial charge in [0.1, 0.15) is 17.5 Å². The molecule has 2 unspecified atom stereocenters. The van der Waals surface area contributed by atoms with E-state index in [0.717, 1.165) is 36.9 Å². The molecule has 0 radical (unpaired) electrons. The molecule has 0 spiro atoms. The number of hydrogen-bond donors (Lipinski definition) is 1. The molecule has 0 aliphatic carbocycles. The Kier molecular flexibility index (Phi) is 3.50. The van der Waals surface area contributed by atoms with E-state index in [1.54, 1.807) is 0 Å². The van der Waals surface area contributed by atoms with Crippen molar-refractivity contribution in [3.8, 4) is 0 Å². The maximum atomic E-state index is 5.86. The van der Waals surface area contributed by atoms with E-state index in [1.807, 2.05) is 6.07 Å². The van der Waals surface area contributed by atoms with Gasteiger partial charge >= 0.3 is 0 Å². The Hall–Kier alpha value is -1.32. The number of aryl methyl sites for hydroxylation is 1. The topological polar surface area (TPSA) is 55.0 Å². The third kappa shape index (κ3) is 2.68. The van der Waals surface area contributed by atoms with Crippen LogP contribution in [0.15, 0.2) is 6.07 Å². The first-order chi connectivity index (χ1) is 8.10. The molecule has 1 aliphatic rings. The van der Waals surface area contributed by atoms with Gasteiger partial charge in [0.2, 0.25) is 0 Å². The molecule has 0 aromatic carbocycles. The summed E-state index contributed by atoms with van der Waals surface area (Å²) in [6, 6.07) is 2.45. The molecular weight excluding hydrogens is 212 g/mol. The van der Waals surface area contributed by atoms with Gasteiger partial charge in [0.15, 0.2) is 0 Å². The summed E-state index contributed by atoms with van der Waals surface area (Å²) < 4.78 is 0. The van der Waals surface area contributed by atoms with Gasteiger partial charge in [-0.25, -0.2) is 9.97 Å². The fourth-order valence-electron chi connectivity index (χ4n) is 2.60. The van der Waals surface area contributed by atoms with Gasteiger partial charge in [-0.05, 0) is 25.7 Å². The molecule has 2 heterocycles. The maximum absolute atomic E-state index is 5.86. The van der Waals surface area contributed by atoms with Crippen LogP contribution in [-0.4, -0.2) is 22.6 Å². The van der Waals surface area contributed by atoms with Crippen molar-refractivity contribution in [1.29, 1.82) is 0 Å². The van der Waals surface area contributed by atoms with Crippen molar-refractivity contribution in [2.75, 3.05) is 17.2 Å². The van der Waals surface area contributed by atoms with E-state index in [0.29, 0.717) is 11.9 Å². The maximum Gasteiger partial charge on any atom is 0.134 e. The second kappa shape index (κ2) is 4.90. The second-order valence-corrected chi connectivity index (χ2v) is 5.16. The average Bonchev–Trinajstić information content (AvgIpc) is 2.57. The largest absolute Gasteiger partial charge is 0.384 e. The van der Waals surface area contributed by atoms with Gasteiger partial charge in [-0.3, -0.25) is 0 Å². The summed E-state index contributed by atoms with van der Waals surface area (Å²) in [6.45, 7) is 7.74. The molecule has 4 heteroatoms. The summed E-state index contributed by atoms with van der Waals surface area (Å²) in [6.07, 6.45) is 3.18. The Labute approximate surface area is 103 Å². The van der Waals surface area contributed by atoms with Crippen LogP contribution in [0.3, 0.4) is 0 Å². The van der Waals surface area contributed by atoms with E-state index < -0.39 is 0 Å². The zero-order valence-electron chi connectivity index (χ0n) is 11.0. The first-order valence-electron chi connectivity index (χ1n) is 6.50. The molecule has 1 saturated heterocycles. The van der Waals surface area contributed by atoms with E-state index in [1.165, 1.54) is 6.42 Å². The van der Waals surface area contributed by atoms with E-state index in [-0.39, 0.29) is 0 Å². The van der Waals surface area contributed by atoms with Gasteiger partial charge < -0.3 is 10.6 Å². The quantitative estimate of drug-likeness (QED) is 0.871. The SMILES string of the molecule is CCCc1nc(N)cc(N2CC(C)CC2C)n1. The van der Waals surface area contributed by atoms with Crippen molar-refractivity contribution < 1.29 is 0 Å². The van der Waals surface area contributed by atoms with E-state index >= 15 is 0 Å². The Bertz CT molecular complexity index is 391. The molecule has 17 heavy (non-hydrogen) atoms. The molecule has 94 valence electrons. The fourth-order valence-corrected chi connectivity index (χ4v) is 2.60. The van der Waals surface area contributed by atoms with Gasteiger partial charge in [-0.2, -0.15) is 0 Å². The van der Waals surface area contributed by atoms with Crippen molar-refractivity contribution in [3.63, 3.8) is 0 Å². The summed E-state index contributed by atoms with van der Waals surface area (Å²) in [7, 11) is 0. The highest BCUT2D eigenvalue weighted by molar-refractivity contribution is 5.48. The third-order valence-corrected chi connectivity index (χ3v) is 3.33. The first-order valence-corrected chi connectivity index (χ1v) is 6.50. The number of nitrogens with two attached hydrogens (primary N) is 1. The zero-order chi connectivity index (χ0) is 12.4. The molecular formula is C13H22N4. The Morgan fingerprint density at radius 1 is 1.41 bits per heavy atom. The van der Waals surface area contributed by atoms with Crippen molar-refractivity contribution >= 4 is 11.6 Å². The lowest BCUT2D eigenvalue weighted by molar-refractivity contribution is 0.625. The van der Waals surface area contributed by atoms with Crippen LogP contribution in [0.2, 0.25) is 0 Å². The summed E-state index contributed by atoms with van der Waals surface area (Å²) in [4.78, 5) is 11.3. The lowest BCUT2D eigenvalue weighted by Gasteiger charge is -2.23. The predicted octanol–water partition coefficient (Wildman–Crippen LogP) is 2.25. The third-order valence-electron chi connectivity index (χ3n) is 3.33. The minimum atomic E-state index is 0.550. The molecule has 0 saturated carbocycles. The zero-order valence-corrected chi connectivity index (χ0v) is 11.0. The number of anilines is 2. The molecule has 2 atom stereocenters. The van der Waals surface area contributed by atoms with Crippen LogP contribution in [-0.2, 0) is 6.42 Å². The smallest absolute Gasteiger partial charge is 0.134 e. The molecule has 1 aliphatic heterocycles. The molecule has 1 aromatic heterocycles. The summed E-state index contributed by atoms with van der Waals surface area (Å²) in [5.74, 6) is 3.19. The van der Waals surface area contributed by atoms with Crippen LogP contribution in [0.4, 0.5) is 11.6 Å². The minimum absolute atomic E-state index is 0.550. The van der Waals surface area contributed by atoms with Crippen LogP contribution >= 0.6 is 0 Å². The highest BCUT2D eigenvalue weighted by Gasteiger charge is 2.27. The molecule has 0 amide bonds. The fraction of sp³-hybridized carbons (Fsp3) is 0.692. The number of hydrogen-bond acceptors (Lipinski definition) is 4. The summed E-state index contributed by atoms with van der Waals surface area (Å²) in [5, 5.41) is 0. The Morgan fingerprint density at radius 2 is 2.18 bits per heavy atom. The van der Waals surface area contributed by atoms with Gasteiger partial charge in [-0.15, -0.1) is 0 Å². The van der Waals surface area contributed by atoms with Crippen molar-refractivity contribution in [2.24, 2.45) is 5.92 Å². The number of rotatable bonds is 3. The molecule has 0 bridgehead atoms. The van der Waals surface area contributed by atoms with Crippen LogP contribution in [0, 0.1) is 5.92 Å². The Morgan fingerprint density at radius 3 is 2.76 bits per heavy atom. The molecule has 1 fully saturated rings. The monoisotopic (exact) mass is 234 g/mol. The van der Waals surface area contributed by atoms with E-state index in [9.17, 15) is 0 Å². The van der Waals surface area contributed by atoms with Crippen LogP contribution in [0.5, 0.6) is 0 Å². The Balaban J connectivity index is 2.25. The summed E-state index contributed by atoms with van der Waals surface area (Å²) >= 11 is 0. The van der Waals surface area contributed by atoms with Crippen LogP contribution in [0.25, 0.3) is 0 Å². The predicted molar refractivity (Wildman–Crippen MR) is 71.0 cm³/mol. The van der Waals surface area contributed by atoms with E-state index in [2.05, 4.69) is 35.6 Å². The molecule has 4 nitrogen and oxygen atoms in total. The lowest BCUT2D eigenvalue weighted by Crippen LogP contribution is -2.28.